The molecule has 0 amide bonds. The van der Waals surface area contributed by atoms with Gasteiger partial charge in [0.1, 0.15) is 0 Å². The summed E-state index contributed by atoms with van der Waals surface area (Å²) in [6.07, 6.45) is 1.80. The van der Waals surface area contributed by atoms with Crippen LogP contribution >= 0.6 is 12.2 Å². The van der Waals surface area contributed by atoms with E-state index in [1.807, 2.05) is 48.5 Å². The highest BCUT2D eigenvalue weighted by Gasteiger charge is 2.42. The van der Waals surface area contributed by atoms with Crippen molar-refractivity contribution < 1.29 is 9.90 Å². The average Bonchev–Trinajstić information content (AvgIpc) is 3.35. The number of nitrogens with zero attached hydrogens (tertiary/aromatic N) is 3. The highest BCUT2D eigenvalue weighted by atomic mass is 32.1. The lowest BCUT2D eigenvalue weighted by molar-refractivity contribution is 0.0697. The van der Waals surface area contributed by atoms with Crippen molar-refractivity contribution in [1.82, 2.24) is 14.9 Å². The molecule has 4 aromatic rings. The predicted molar refractivity (Wildman–Crippen MR) is 137 cm³/mol. The monoisotopic (exact) mass is 468 g/mol. The molecule has 5 rings (SSSR count). The van der Waals surface area contributed by atoms with Crippen molar-refractivity contribution in [2.75, 3.05) is 4.90 Å². The van der Waals surface area contributed by atoms with Gasteiger partial charge in [0, 0.05) is 29.0 Å². The summed E-state index contributed by atoms with van der Waals surface area (Å²) in [6, 6.07) is 25.0. The van der Waals surface area contributed by atoms with E-state index in [9.17, 15) is 9.90 Å². The van der Waals surface area contributed by atoms with Crippen molar-refractivity contribution >= 4 is 29.0 Å². The Morgan fingerprint density at radius 2 is 1.68 bits per heavy atom. The number of rotatable bonds is 5. The van der Waals surface area contributed by atoms with Gasteiger partial charge in [-0.2, -0.15) is 0 Å². The quantitative estimate of drug-likeness (QED) is 0.384. The zero-order valence-electron chi connectivity index (χ0n) is 18.8. The molecule has 0 radical (unpaired) electrons. The molecule has 2 N–H and O–H groups in total. The number of aryl methyl sites for hydroxylation is 1. The number of nitrogens with one attached hydrogen (secondary N) is 1. The Balaban J connectivity index is 1.65. The van der Waals surface area contributed by atoms with Gasteiger partial charge in [0.2, 0.25) is 0 Å². The molecule has 2 atom stereocenters. The number of hydrogen-bond donors (Lipinski definition) is 2. The fourth-order valence-corrected chi connectivity index (χ4v) is 5.12. The van der Waals surface area contributed by atoms with E-state index >= 15 is 0 Å². The van der Waals surface area contributed by atoms with Crippen LogP contribution in [-0.2, 0) is 0 Å². The molecule has 0 spiro atoms. The Hall–Kier alpha value is -3.97. The van der Waals surface area contributed by atoms with E-state index in [1.54, 1.807) is 18.3 Å². The molecule has 2 aromatic heterocycles. The van der Waals surface area contributed by atoms with E-state index in [0.717, 1.165) is 34.0 Å². The van der Waals surface area contributed by atoms with Crippen molar-refractivity contribution in [2.24, 2.45) is 0 Å². The highest BCUT2D eigenvalue weighted by molar-refractivity contribution is 7.80. The second-order valence-electron chi connectivity index (χ2n) is 8.35. The molecule has 0 saturated carbocycles. The smallest absolute Gasteiger partial charge is 0.335 e. The first-order valence-electron chi connectivity index (χ1n) is 11.0. The molecule has 6 nitrogen and oxygen atoms in total. The van der Waals surface area contributed by atoms with Gasteiger partial charge in [-0.25, -0.2) is 4.79 Å². The molecule has 3 heterocycles. The predicted octanol–water partition coefficient (Wildman–Crippen LogP) is 5.36. The topological polar surface area (TPSA) is 70.4 Å². The molecular weight excluding hydrogens is 444 g/mol. The Morgan fingerprint density at radius 1 is 0.971 bits per heavy atom. The number of benzene rings is 2. The molecule has 0 aliphatic carbocycles. The molecule has 1 fully saturated rings. The highest BCUT2D eigenvalue weighted by Crippen LogP contribution is 2.43. The van der Waals surface area contributed by atoms with Gasteiger partial charge in [-0.15, -0.1) is 0 Å². The lowest BCUT2D eigenvalue weighted by Gasteiger charge is -2.28. The number of pyridine rings is 1. The number of hydrogen-bond acceptors (Lipinski definition) is 3. The van der Waals surface area contributed by atoms with Crippen LogP contribution in [0.2, 0.25) is 0 Å². The molecule has 1 aliphatic rings. The molecular formula is C27H24N4O2S. The van der Waals surface area contributed by atoms with Crippen LogP contribution in [0.4, 0.5) is 5.69 Å². The Labute approximate surface area is 203 Å². The fourth-order valence-electron chi connectivity index (χ4n) is 4.78. The number of carboxylic acids is 1. The maximum Gasteiger partial charge on any atom is 0.335 e. The van der Waals surface area contributed by atoms with Crippen LogP contribution < -0.4 is 10.2 Å². The summed E-state index contributed by atoms with van der Waals surface area (Å²) in [5.74, 6) is -0.935. The zero-order valence-corrected chi connectivity index (χ0v) is 19.7. The van der Waals surface area contributed by atoms with Crippen molar-refractivity contribution in [3.8, 4) is 5.69 Å². The van der Waals surface area contributed by atoms with Crippen LogP contribution in [0, 0.1) is 13.8 Å². The van der Waals surface area contributed by atoms with Crippen molar-refractivity contribution in [3.63, 3.8) is 0 Å². The second kappa shape index (κ2) is 8.76. The second-order valence-corrected chi connectivity index (χ2v) is 8.73. The van der Waals surface area contributed by atoms with Crippen molar-refractivity contribution in [2.45, 2.75) is 25.9 Å². The summed E-state index contributed by atoms with van der Waals surface area (Å²) in [5, 5.41) is 13.4. The molecule has 7 heteroatoms. The first kappa shape index (κ1) is 21.9. The van der Waals surface area contributed by atoms with Gasteiger partial charge in [-0.1, -0.05) is 24.3 Å². The van der Waals surface area contributed by atoms with E-state index in [2.05, 4.69) is 51.8 Å². The molecule has 34 heavy (non-hydrogen) atoms. The lowest BCUT2D eigenvalue weighted by atomic mass is 9.96. The van der Waals surface area contributed by atoms with Gasteiger partial charge in [0.25, 0.3) is 0 Å². The van der Waals surface area contributed by atoms with Gasteiger partial charge in [-0.3, -0.25) is 4.98 Å². The zero-order chi connectivity index (χ0) is 23.8. The molecule has 1 aliphatic heterocycles. The molecule has 0 bridgehead atoms. The molecule has 2 aromatic carbocycles. The average molecular weight is 469 g/mol. The van der Waals surface area contributed by atoms with Crippen LogP contribution in [0.5, 0.6) is 0 Å². The number of anilines is 1. The first-order valence-corrected chi connectivity index (χ1v) is 11.4. The Bertz CT molecular complexity index is 1350. The van der Waals surface area contributed by atoms with Crippen LogP contribution in [0.1, 0.15) is 45.1 Å². The van der Waals surface area contributed by atoms with E-state index in [-0.39, 0.29) is 17.6 Å². The normalized spacial score (nSPS) is 17.6. The Morgan fingerprint density at radius 3 is 2.32 bits per heavy atom. The summed E-state index contributed by atoms with van der Waals surface area (Å²) in [7, 11) is 0. The van der Waals surface area contributed by atoms with Gasteiger partial charge in [0.05, 0.1) is 23.3 Å². The standard InChI is InChI=1S/C27H24N4O2S/c1-17-16-22(18(2)30(17)21-13-11-19(12-14-21)26(32)33)25-24(23-10-6-7-15-28-23)29-27(34)31(25)20-8-4-3-5-9-20/h3-16,24-25H,1-2H3,(H,29,34)(H,32,33)/t24-,25+/m1/s1. The largest absolute Gasteiger partial charge is 0.478 e. The van der Waals surface area contributed by atoms with E-state index < -0.39 is 5.97 Å². The molecule has 1 saturated heterocycles. The van der Waals surface area contributed by atoms with E-state index in [0.29, 0.717) is 5.11 Å². The van der Waals surface area contributed by atoms with E-state index in [4.69, 9.17) is 12.2 Å². The number of carbonyl (C=O) groups is 1. The molecule has 0 unspecified atom stereocenters. The summed E-state index contributed by atoms with van der Waals surface area (Å²) < 4.78 is 2.15. The number of para-hydroxylation sites is 1. The van der Waals surface area contributed by atoms with Crippen LogP contribution in [0.3, 0.4) is 0 Å². The van der Waals surface area contributed by atoms with Crippen molar-refractivity contribution in [3.05, 3.63) is 113 Å². The first-order chi connectivity index (χ1) is 16.5. The minimum Gasteiger partial charge on any atom is -0.478 e. The summed E-state index contributed by atoms with van der Waals surface area (Å²) in [6.45, 7) is 4.15. The fraction of sp³-hybridized carbons (Fsp3) is 0.148. The number of thiocarbonyl (C=S) groups is 1. The third-order valence-corrected chi connectivity index (χ3v) is 6.61. The van der Waals surface area contributed by atoms with Gasteiger partial charge in [0.15, 0.2) is 5.11 Å². The third kappa shape index (κ3) is 3.74. The van der Waals surface area contributed by atoms with E-state index in [1.165, 1.54) is 0 Å². The minimum absolute atomic E-state index is 0.108. The van der Waals surface area contributed by atoms with Gasteiger partial charge in [-0.05, 0) is 86.2 Å². The van der Waals surface area contributed by atoms with Crippen LogP contribution in [0.25, 0.3) is 5.69 Å². The summed E-state index contributed by atoms with van der Waals surface area (Å²) in [5.41, 5.74) is 6.37. The Kier molecular flexibility index (Phi) is 5.63. The third-order valence-electron chi connectivity index (χ3n) is 6.29. The van der Waals surface area contributed by atoms with Gasteiger partial charge >= 0.3 is 5.97 Å². The number of aromatic nitrogens is 2. The SMILES string of the molecule is Cc1cc([C@H]2[C@@H](c3ccccn3)NC(=S)N2c2ccccc2)c(C)n1-c1ccc(C(=O)O)cc1. The molecule has 170 valence electrons. The van der Waals surface area contributed by atoms with Crippen LogP contribution in [0.15, 0.2) is 85.1 Å². The van der Waals surface area contributed by atoms with Crippen LogP contribution in [-0.4, -0.2) is 25.7 Å². The summed E-state index contributed by atoms with van der Waals surface area (Å²) in [4.78, 5) is 18.1. The van der Waals surface area contributed by atoms with Gasteiger partial charge < -0.3 is 19.9 Å². The number of aromatic carboxylic acids is 1. The van der Waals surface area contributed by atoms with Crippen molar-refractivity contribution in [1.29, 1.82) is 0 Å². The maximum atomic E-state index is 11.3. The minimum atomic E-state index is -0.935. The number of carboxylic acid groups (broad SMARTS) is 1. The maximum absolute atomic E-state index is 11.3. The summed E-state index contributed by atoms with van der Waals surface area (Å²) >= 11 is 5.82. The lowest BCUT2D eigenvalue weighted by Crippen LogP contribution is -2.29.